The van der Waals surface area contributed by atoms with Gasteiger partial charge >= 0.3 is 0 Å². The Morgan fingerprint density at radius 3 is 3.00 bits per heavy atom. The number of amides is 1. The molecule has 0 bridgehead atoms. The fourth-order valence-electron chi connectivity index (χ4n) is 4.10. The van der Waals surface area contributed by atoms with E-state index in [1.165, 1.54) is 5.56 Å². The lowest BCUT2D eigenvalue weighted by molar-refractivity contribution is -0.131. The van der Waals surface area contributed by atoms with Gasteiger partial charge in [0.25, 0.3) is 0 Å². The van der Waals surface area contributed by atoms with Crippen LogP contribution in [0.25, 0.3) is 0 Å². The summed E-state index contributed by atoms with van der Waals surface area (Å²) in [7, 11) is 0. The summed E-state index contributed by atoms with van der Waals surface area (Å²) in [6, 6.07) is 12.1. The Bertz CT molecular complexity index is 580. The first-order valence-electron chi connectivity index (χ1n) is 8.11. The highest BCUT2D eigenvalue weighted by molar-refractivity contribution is 5.84. The van der Waals surface area contributed by atoms with E-state index in [1.54, 1.807) is 6.92 Å². The molecule has 0 unspecified atom stereocenters. The van der Waals surface area contributed by atoms with Crippen LogP contribution in [-0.4, -0.2) is 29.9 Å². The predicted molar refractivity (Wildman–Crippen MR) is 84.7 cm³/mol. The van der Waals surface area contributed by atoms with Gasteiger partial charge in [0.05, 0.1) is 11.5 Å². The molecule has 3 atom stereocenters. The Balaban J connectivity index is 1.71. The van der Waals surface area contributed by atoms with Gasteiger partial charge in [0, 0.05) is 19.6 Å². The number of carbonyl (C=O) groups is 1. The molecule has 2 fully saturated rings. The molecular formula is C18H23N3O. The molecule has 1 aromatic carbocycles. The maximum absolute atomic E-state index is 12.7. The van der Waals surface area contributed by atoms with Gasteiger partial charge in [-0.1, -0.05) is 36.8 Å². The van der Waals surface area contributed by atoms with Crippen LogP contribution in [0, 0.1) is 22.7 Å². The minimum absolute atomic E-state index is 0.0830. The average molecular weight is 297 g/mol. The van der Waals surface area contributed by atoms with Crippen molar-refractivity contribution < 1.29 is 4.79 Å². The van der Waals surface area contributed by atoms with E-state index < -0.39 is 6.04 Å². The first-order valence-corrected chi connectivity index (χ1v) is 8.11. The number of fused-ring (bicyclic) bond motifs is 1. The van der Waals surface area contributed by atoms with Gasteiger partial charge in [-0.15, -0.1) is 0 Å². The summed E-state index contributed by atoms with van der Waals surface area (Å²) in [5, 5.41) is 11.8. The number of hydrogen-bond acceptors (Lipinski definition) is 3. The van der Waals surface area contributed by atoms with Crippen LogP contribution in [0.15, 0.2) is 30.3 Å². The highest BCUT2D eigenvalue weighted by Gasteiger charge is 2.54. The maximum atomic E-state index is 12.7. The van der Waals surface area contributed by atoms with Crippen molar-refractivity contribution in [3.05, 3.63) is 35.9 Å². The monoisotopic (exact) mass is 297 g/mol. The van der Waals surface area contributed by atoms with Gasteiger partial charge in [-0.3, -0.25) is 9.69 Å². The van der Waals surface area contributed by atoms with E-state index in [4.69, 9.17) is 5.26 Å². The van der Waals surface area contributed by atoms with Gasteiger partial charge in [-0.05, 0) is 31.2 Å². The van der Waals surface area contributed by atoms with Gasteiger partial charge < -0.3 is 5.32 Å². The predicted octanol–water partition coefficient (Wildman–Crippen LogP) is 2.32. The van der Waals surface area contributed by atoms with E-state index in [9.17, 15) is 4.79 Å². The van der Waals surface area contributed by atoms with Crippen LogP contribution < -0.4 is 5.32 Å². The first-order chi connectivity index (χ1) is 10.6. The molecule has 1 heterocycles. The van der Waals surface area contributed by atoms with Crippen LogP contribution in [0.5, 0.6) is 0 Å². The molecular weight excluding hydrogens is 274 g/mol. The Morgan fingerprint density at radius 1 is 1.50 bits per heavy atom. The van der Waals surface area contributed by atoms with E-state index in [0.29, 0.717) is 5.92 Å². The molecule has 116 valence electrons. The van der Waals surface area contributed by atoms with Crippen molar-refractivity contribution in [2.45, 2.75) is 38.8 Å². The molecule has 4 heteroatoms. The van der Waals surface area contributed by atoms with E-state index in [1.807, 2.05) is 6.07 Å². The van der Waals surface area contributed by atoms with E-state index in [-0.39, 0.29) is 11.3 Å². The first kappa shape index (κ1) is 15.1. The molecule has 1 aromatic rings. The number of benzene rings is 1. The lowest BCUT2D eigenvalue weighted by Crippen LogP contribution is -2.47. The van der Waals surface area contributed by atoms with Gasteiger partial charge in [0.2, 0.25) is 5.91 Å². The fraction of sp³-hybridized carbons (Fsp3) is 0.556. The lowest BCUT2D eigenvalue weighted by Gasteiger charge is -2.28. The van der Waals surface area contributed by atoms with Gasteiger partial charge in [-0.2, -0.15) is 5.26 Å². The summed E-state index contributed by atoms with van der Waals surface area (Å²) in [6.45, 7) is 4.45. The van der Waals surface area contributed by atoms with Crippen LogP contribution >= 0.6 is 0 Å². The molecule has 1 saturated heterocycles. The third-order valence-corrected chi connectivity index (χ3v) is 5.18. The zero-order chi connectivity index (χ0) is 15.6. The quantitative estimate of drug-likeness (QED) is 0.928. The smallest absolute Gasteiger partial charge is 0.228 e. The highest BCUT2D eigenvalue weighted by atomic mass is 16.2. The Morgan fingerprint density at radius 2 is 2.27 bits per heavy atom. The molecule has 22 heavy (non-hydrogen) atoms. The number of nitrogens with zero attached hydrogens (tertiary/aromatic N) is 2. The summed E-state index contributed by atoms with van der Waals surface area (Å²) in [5.41, 5.74) is 1.02. The summed E-state index contributed by atoms with van der Waals surface area (Å²) < 4.78 is 0. The summed E-state index contributed by atoms with van der Waals surface area (Å²) >= 11 is 0. The Labute approximate surface area is 132 Å². The van der Waals surface area contributed by atoms with Crippen LogP contribution in [0.4, 0.5) is 0 Å². The molecule has 0 radical (unpaired) electrons. The minimum atomic E-state index is -0.411. The lowest BCUT2D eigenvalue weighted by atomic mass is 9.79. The third kappa shape index (κ3) is 2.74. The van der Waals surface area contributed by atoms with Crippen molar-refractivity contribution in [2.75, 3.05) is 13.1 Å². The van der Waals surface area contributed by atoms with Gasteiger partial charge in [0.15, 0.2) is 0 Å². The zero-order valence-corrected chi connectivity index (χ0v) is 13.1. The van der Waals surface area contributed by atoms with Gasteiger partial charge in [0.1, 0.15) is 6.04 Å². The molecule has 1 aliphatic heterocycles. The summed E-state index contributed by atoms with van der Waals surface area (Å²) in [5.74, 6) is 0.515. The zero-order valence-electron chi connectivity index (χ0n) is 13.1. The molecule has 3 rings (SSSR count). The average Bonchev–Trinajstić information content (AvgIpc) is 3.05. The van der Waals surface area contributed by atoms with E-state index in [2.05, 4.69) is 40.6 Å². The van der Waals surface area contributed by atoms with E-state index >= 15 is 0 Å². The number of nitrogens with one attached hydrogen (secondary N) is 1. The number of rotatable bonds is 4. The topological polar surface area (TPSA) is 56.1 Å². The Hall–Kier alpha value is -1.86. The van der Waals surface area contributed by atoms with Gasteiger partial charge in [-0.25, -0.2) is 0 Å². The molecule has 1 saturated carbocycles. The fourth-order valence-corrected chi connectivity index (χ4v) is 4.10. The minimum Gasteiger partial charge on any atom is -0.340 e. The summed E-state index contributed by atoms with van der Waals surface area (Å²) in [4.78, 5) is 15.1. The normalized spacial score (nSPS) is 28.8. The van der Waals surface area contributed by atoms with Crippen LogP contribution in [-0.2, 0) is 11.3 Å². The number of carbonyl (C=O) groups excluding carboxylic acids is 1. The van der Waals surface area contributed by atoms with Crippen molar-refractivity contribution in [3.8, 4) is 6.07 Å². The molecule has 1 amide bonds. The Kier molecular flexibility index (Phi) is 4.17. The number of likely N-dealkylation sites (tertiary alicyclic amines) is 1. The van der Waals surface area contributed by atoms with E-state index in [0.717, 1.165) is 38.9 Å². The molecule has 0 spiro atoms. The number of nitriles is 1. The van der Waals surface area contributed by atoms with Crippen molar-refractivity contribution in [2.24, 2.45) is 11.3 Å². The van der Waals surface area contributed by atoms with Crippen molar-refractivity contribution in [1.29, 1.82) is 5.26 Å². The third-order valence-electron chi connectivity index (χ3n) is 5.18. The molecule has 1 aliphatic carbocycles. The second kappa shape index (κ2) is 6.10. The van der Waals surface area contributed by atoms with Crippen molar-refractivity contribution in [1.82, 2.24) is 10.2 Å². The number of hydrogen-bond donors (Lipinski definition) is 1. The maximum Gasteiger partial charge on any atom is 0.228 e. The second-order valence-corrected chi connectivity index (χ2v) is 6.72. The summed E-state index contributed by atoms with van der Waals surface area (Å²) in [6.07, 6.45) is 3.20. The van der Waals surface area contributed by atoms with Crippen LogP contribution in [0.2, 0.25) is 0 Å². The largest absolute Gasteiger partial charge is 0.340 e. The molecule has 2 aliphatic rings. The second-order valence-electron chi connectivity index (χ2n) is 6.72. The molecule has 1 N–H and O–H groups in total. The standard InChI is InChI=1S/C18H23N3O/c1-14(10-19)20-17(22)18-9-5-8-16(18)12-21(13-18)11-15-6-3-2-4-7-15/h2-4,6-7,14,16H,5,8-9,11-13H2,1H3,(H,20,22)/t14-,16-,18-/m1/s1. The van der Waals surface area contributed by atoms with Crippen molar-refractivity contribution in [3.63, 3.8) is 0 Å². The SMILES string of the molecule is C[C@H](C#N)NC(=O)[C@@]12CCC[C@@H]1CN(Cc1ccccc1)C2. The van der Waals surface area contributed by atoms with Crippen LogP contribution in [0.1, 0.15) is 31.7 Å². The van der Waals surface area contributed by atoms with Crippen LogP contribution in [0.3, 0.4) is 0 Å². The molecule has 4 nitrogen and oxygen atoms in total. The highest BCUT2D eigenvalue weighted by Crippen LogP contribution is 2.49. The van der Waals surface area contributed by atoms with Crippen molar-refractivity contribution >= 4 is 5.91 Å². The molecule has 0 aromatic heterocycles.